The Hall–Kier alpha value is -2.97. The molecule has 1 aromatic heterocycles. The van der Waals surface area contributed by atoms with Crippen LogP contribution in [0.5, 0.6) is 5.88 Å². The van der Waals surface area contributed by atoms with Crippen LogP contribution in [0, 0.1) is 10.1 Å². The molecule has 0 aromatic carbocycles. The Morgan fingerprint density at radius 2 is 2.00 bits per heavy atom. The number of nitro groups is 1. The second-order valence-electron chi connectivity index (χ2n) is 7.25. The minimum atomic E-state index is -1.34. The van der Waals surface area contributed by atoms with Gasteiger partial charge in [-0.05, 0) is 32.9 Å². The Morgan fingerprint density at radius 3 is 2.55 bits per heavy atom. The summed E-state index contributed by atoms with van der Waals surface area (Å²) in [4.78, 5) is 52.6. The molecule has 1 aromatic rings. The van der Waals surface area contributed by atoms with Crippen LogP contribution in [0.2, 0.25) is 0 Å². The molecule has 1 aliphatic rings. The van der Waals surface area contributed by atoms with Crippen LogP contribution in [0.25, 0.3) is 0 Å². The maximum absolute atomic E-state index is 13.1. The summed E-state index contributed by atoms with van der Waals surface area (Å²) >= 11 is 0.856. The van der Waals surface area contributed by atoms with Crippen molar-refractivity contribution in [3.05, 3.63) is 22.2 Å². The molecule has 1 fully saturated rings. The van der Waals surface area contributed by atoms with Crippen molar-refractivity contribution in [2.24, 2.45) is 0 Å². The number of carbonyl (C=O) groups is 3. The molecule has 33 heavy (non-hydrogen) atoms. The van der Waals surface area contributed by atoms with Crippen molar-refractivity contribution in [3.63, 3.8) is 0 Å². The van der Waals surface area contributed by atoms with Gasteiger partial charge in [-0.25, -0.2) is 4.79 Å². The van der Waals surface area contributed by atoms with Gasteiger partial charge in [-0.15, -0.1) is 0 Å². The Kier molecular flexibility index (Phi) is 9.37. The lowest BCUT2D eigenvalue weighted by Crippen LogP contribution is -2.65. The zero-order valence-electron chi connectivity index (χ0n) is 18.5. The maximum Gasteiger partial charge on any atom is 0.330 e. The summed E-state index contributed by atoms with van der Waals surface area (Å²) in [5.41, 5.74) is -1.62. The van der Waals surface area contributed by atoms with E-state index in [0.29, 0.717) is 13.1 Å². The molecular formula is C19H27N5O8S. The Balaban J connectivity index is 2.20. The highest BCUT2D eigenvalue weighted by molar-refractivity contribution is 8.00. The molecule has 0 aliphatic carbocycles. The molecule has 1 saturated heterocycles. The second-order valence-corrected chi connectivity index (χ2v) is 8.58. The second kappa shape index (κ2) is 11.8. The molecular weight excluding hydrogens is 458 g/mol. The number of hydrogen-bond acceptors (Lipinski definition) is 11. The van der Waals surface area contributed by atoms with Crippen LogP contribution < -0.4 is 20.7 Å². The highest BCUT2D eigenvalue weighted by Crippen LogP contribution is 2.32. The van der Waals surface area contributed by atoms with Crippen molar-refractivity contribution in [2.45, 2.75) is 41.6 Å². The van der Waals surface area contributed by atoms with Gasteiger partial charge in [-0.2, -0.15) is 4.98 Å². The molecule has 0 radical (unpaired) electrons. The average Bonchev–Trinajstić information content (AvgIpc) is 2.81. The first kappa shape index (κ1) is 26.3. The molecule has 0 saturated carbocycles. The summed E-state index contributed by atoms with van der Waals surface area (Å²) in [6.45, 7) is 1.72. The van der Waals surface area contributed by atoms with Gasteiger partial charge in [0.05, 0.1) is 31.0 Å². The third kappa shape index (κ3) is 6.52. The van der Waals surface area contributed by atoms with Crippen molar-refractivity contribution < 1.29 is 33.9 Å². The van der Waals surface area contributed by atoms with Crippen LogP contribution in [0.15, 0.2) is 17.2 Å². The highest BCUT2D eigenvalue weighted by atomic mass is 32.2. The largest absolute Gasteiger partial charge is 0.481 e. The molecule has 1 aliphatic heterocycles. The smallest absolute Gasteiger partial charge is 0.330 e. The molecule has 2 heterocycles. The maximum atomic E-state index is 13.1. The molecule has 13 nitrogen and oxygen atoms in total. The van der Waals surface area contributed by atoms with Gasteiger partial charge < -0.3 is 30.5 Å². The minimum Gasteiger partial charge on any atom is -0.481 e. The summed E-state index contributed by atoms with van der Waals surface area (Å²) in [5, 5.41) is 28.2. The highest BCUT2D eigenvalue weighted by Gasteiger charge is 2.43. The molecule has 182 valence electrons. The number of carbonyl (C=O) groups excluding carboxylic acids is 3. The summed E-state index contributed by atoms with van der Waals surface area (Å²) in [5.74, 6) is -1.84. The lowest BCUT2D eigenvalue weighted by atomic mass is 9.86. The number of methoxy groups -OCH3 is 2. The van der Waals surface area contributed by atoms with Gasteiger partial charge in [-0.3, -0.25) is 19.7 Å². The fraction of sp³-hybridized carbons (Fsp3) is 0.579. The SMILES string of the molecule is COC(=O)C(CO)NC(=O)C1(NC(=O)C(C)Sc2nc(OC)ccc2[N+](=O)[O-])CCNCC1. The number of aromatic nitrogens is 1. The van der Waals surface area contributed by atoms with E-state index in [2.05, 4.69) is 25.7 Å². The van der Waals surface area contributed by atoms with Crippen LogP contribution in [0.4, 0.5) is 5.69 Å². The van der Waals surface area contributed by atoms with Gasteiger partial charge in [-0.1, -0.05) is 11.8 Å². The summed E-state index contributed by atoms with van der Waals surface area (Å²) < 4.78 is 9.58. The third-order valence-corrected chi connectivity index (χ3v) is 6.20. The predicted octanol–water partition coefficient (Wildman–Crippen LogP) is -0.632. The van der Waals surface area contributed by atoms with E-state index in [1.807, 2.05) is 0 Å². The minimum absolute atomic E-state index is 0.00292. The molecule has 0 bridgehead atoms. The van der Waals surface area contributed by atoms with E-state index >= 15 is 0 Å². The molecule has 2 rings (SSSR count). The van der Waals surface area contributed by atoms with Gasteiger partial charge in [0.1, 0.15) is 5.54 Å². The zero-order valence-corrected chi connectivity index (χ0v) is 19.3. The van der Waals surface area contributed by atoms with Gasteiger partial charge in [0.15, 0.2) is 11.1 Å². The van der Waals surface area contributed by atoms with Crippen molar-refractivity contribution >= 4 is 35.2 Å². The topological polar surface area (TPSA) is 182 Å². The summed E-state index contributed by atoms with van der Waals surface area (Å²) in [6.07, 6.45) is 0.470. The first-order valence-corrected chi connectivity index (χ1v) is 10.9. The standard InChI is InChI=1S/C19H27N5O8S/c1-11(33-16-13(24(29)30)4-5-14(22-16)31-2)15(26)23-19(6-8-20-9-7-19)18(28)21-12(10-25)17(27)32-3/h4-5,11-12,20,25H,6-10H2,1-3H3,(H,21,28)(H,23,26). The Labute approximate surface area is 194 Å². The third-order valence-electron chi connectivity index (χ3n) is 5.11. The zero-order chi connectivity index (χ0) is 24.6. The quantitative estimate of drug-likeness (QED) is 0.143. The number of aliphatic hydroxyl groups excluding tert-OH is 1. The fourth-order valence-electron chi connectivity index (χ4n) is 3.19. The van der Waals surface area contributed by atoms with E-state index in [1.165, 1.54) is 26.2 Å². The Morgan fingerprint density at radius 1 is 1.33 bits per heavy atom. The number of nitrogens with zero attached hydrogens (tertiary/aromatic N) is 2. The first-order valence-electron chi connectivity index (χ1n) is 10.1. The number of amides is 2. The van der Waals surface area contributed by atoms with E-state index in [9.17, 15) is 29.6 Å². The van der Waals surface area contributed by atoms with Gasteiger partial charge in [0.2, 0.25) is 17.7 Å². The number of pyridine rings is 1. The molecule has 2 unspecified atom stereocenters. The number of thioether (sulfide) groups is 1. The predicted molar refractivity (Wildman–Crippen MR) is 117 cm³/mol. The molecule has 2 atom stereocenters. The van der Waals surface area contributed by atoms with Crippen molar-refractivity contribution in [2.75, 3.05) is 33.9 Å². The Bertz CT molecular complexity index is 893. The van der Waals surface area contributed by atoms with Crippen LogP contribution in [-0.2, 0) is 19.1 Å². The number of esters is 1. The van der Waals surface area contributed by atoms with E-state index in [4.69, 9.17) is 4.74 Å². The number of ether oxygens (including phenoxy) is 2. The van der Waals surface area contributed by atoms with Crippen LogP contribution >= 0.6 is 11.8 Å². The van der Waals surface area contributed by atoms with Gasteiger partial charge in [0.25, 0.3) is 0 Å². The van der Waals surface area contributed by atoms with Crippen LogP contribution in [0.1, 0.15) is 19.8 Å². The van der Waals surface area contributed by atoms with Crippen LogP contribution in [0.3, 0.4) is 0 Å². The van der Waals surface area contributed by atoms with Gasteiger partial charge in [0, 0.05) is 12.1 Å². The first-order chi connectivity index (χ1) is 15.7. The van der Waals surface area contributed by atoms with Crippen molar-refractivity contribution in [1.82, 2.24) is 20.9 Å². The van der Waals surface area contributed by atoms with Gasteiger partial charge >= 0.3 is 11.7 Å². The number of hydrogen-bond donors (Lipinski definition) is 4. The number of piperidine rings is 1. The van der Waals surface area contributed by atoms with E-state index in [0.717, 1.165) is 18.9 Å². The average molecular weight is 486 g/mol. The lowest BCUT2D eigenvalue weighted by molar-refractivity contribution is -0.388. The van der Waals surface area contributed by atoms with E-state index < -0.39 is 46.1 Å². The normalized spacial score (nSPS) is 16.7. The number of nitrogens with one attached hydrogen (secondary N) is 3. The molecule has 14 heteroatoms. The molecule has 0 spiro atoms. The monoisotopic (exact) mass is 485 g/mol. The van der Waals surface area contributed by atoms with Crippen LogP contribution in [-0.4, -0.2) is 83.5 Å². The van der Waals surface area contributed by atoms with E-state index in [-0.39, 0.29) is 29.4 Å². The fourth-order valence-corrected chi connectivity index (χ4v) is 4.10. The van der Waals surface area contributed by atoms with Crippen molar-refractivity contribution in [1.29, 1.82) is 0 Å². The summed E-state index contributed by atoms with van der Waals surface area (Å²) in [6, 6.07) is 1.31. The van der Waals surface area contributed by atoms with E-state index in [1.54, 1.807) is 0 Å². The molecule has 2 amide bonds. The number of aliphatic hydroxyl groups is 1. The summed E-state index contributed by atoms with van der Waals surface area (Å²) in [7, 11) is 2.50. The number of rotatable bonds is 10. The van der Waals surface area contributed by atoms with Crippen molar-refractivity contribution in [3.8, 4) is 5.88 Å². The lowest BCUT2D eigenvalue weighted by Gasteiger charge is -2.38. The molecule has 4 N–H and O–H groups in total.